The van der Waals surface area contributed by atoms with Crippen LogP contribution in [0.1, 0.15) is 49.4 Å². The summed E-state index contributed by atoms with van der Waals surface area (Å²) in [6.07, 6.45) is 8.01. The van der Waals surface area contributed by atoms with Crippen LogP contribution in [0.5, 0.6) is 0 Å². The quantitative estimate of drug-likeness (QED) is 0.0511. The van der Waals surface area contributed by atoms with E-state index in [0.29, 0.717) is 6.61 Å². The Morgan fingerprint density at radius 2 is 1.72 bits per heavy atom. The minimum Gasteiger partial charge on any atom is -1.00 e. The number of rotatable bonds is 7. The Hall–Kier alpha value is -0.547. The largest absolute Gasteiger partial charge is 1.00 e. The molecule has 0 radical (unpaired) electrons. The van der Waals surface area contributed by atoms with Gasteiger partial charge in [-0.15, -0.1) is 0 Å². The zero-order valence-electron chi connectivity index (χ0n) is 24.1. The molecular weight excluding hydrogens is 644 g/mol. The normalized spacial score (nSPS) is 12.2. The molecule has 210 valence electrons. The van der Waals surface area contributed by atoms with E-state index in [9.17, 15) is 25.0 Å². The van der Waals surface area contributed by atoms with E-state index in [4.69, 9.17) is 24.4 Å². The van der Waals surface area contributed by atoms with Crippen LogP contribution in [0.4, 0.5) is 5.69 Å². The molecule has 0 saturated heterocycles. The monoisotopic (exact) mass is 673 g/mol. The third-order valence-electron chi connectivity index (χ3n) is 3.92. The second kappa shape index (κ2) is 27.6. The minimum atomic E-state index is -0.685. The molecule has 16 nitrogen and oxygen atoms in total. The second-order valence-electron chi connectivity index (χ2n) is 7.45. The van der Waals surface area contributed by atoms with E-state index >= 15 is 0 Å². The van der Waals surface area contributed by atoms with Crippen molar-refractivity contribution < 1.29 is 148 Å². The van der Waals surface area contributed by atoms with Gasteiger partial charge in [-0.1, -0.05) is 22.9 Å². The van der Waals surface area contributed by atoms with Gasteiger partial charge in [0.2, 0.25) is 0 Å². The van der Waals surface area contributed by atoms with Crippen molar-refractivity contribution in [2.75, 3.05) is 6.61 Å². The number of aliphatic imine (C=N–C) groups is 1. The summed E-state index contributed by atoms with van der Waals surface area (Å²) < 4.78 is 5.81. The van der Waals surface area contributed by atoms with Gasteiger partial charge in [-0.25, -0.2) is 0 Å². The van der Waals surface area contributed by atoms with E-state index in [2.05, 4.69) is 30.9 Å². The van der Waals surface area contributed by atoms with Crippen molar-refractivity contribution in [1.82, 2.24) is 9.78 Å². The number of aromatic nitrogens is 2. The molecule has 0 amide bonds. The third-order valence-corrected chi connectivity index (χ3v) is 4.24. The van der Waals surface area contributed by atoms with Gasteiger partial charge >= 0.3 is 121 Å². The van der Waals surface area contributed by atoms with Crippen LogP contribution in [0.2, 0.25) is 0 Å². The Balaban J connectivity index is -0.0000000958. The first-order valence-electron chi connectivity index (χ1n) is 10.2. The van der Waals surface area contributed by atoms with Crippen molar-refractivity contribution >= 4 is 46.4 Å². The zero-order chi connectivity index (χ0) is 29.7. The van der Waals surface area contributed by atoms with Gasteiger partial charge in [-0.05, 0) is 41.0 Å². The summed E-state index contributed by atoms with van der Waals surface area (Å²) in [5, 5.41) is 32.6. The van der Waals surface area contributed by atoms with Crippen LogP contribution >= 0.6 is 15.9 Å². The molecule has 0 spiro atoms. The smallest absolute Gasteiger partial charge is 1.00 e. The SMILES string of the molecule is CCC(C)(C)n1cc([N+](=O)[O-])cn1.CCOC(=O)C(C)(C)Br.O=C=O.O=CO[O-].O=[N+]([O-])C1C=CN=C1.[H-].[K+].[K+]. The molecular formula is C20H30BrK2N5O11. The predicted molar refractivity (Wildman–Crippen MR) is 130 cm³/mol. The predicted octanol–water partition coefficient (Wildman–Crippen LogP) is -4.14. The molecule has 0 aromatic carbocycles. The zero-order valence-corrected chi connectivity index (χ0v) is 30.9. The molecule has 1 atom stereocenters. The number of carbonyl (C=O) groups excluding carboxylic acids is 4. The molecule has 1 aromatic rings. The summed E-state index contributed by atoms with van der Waals surface area (Å²) >= 11 is 3.17. The first-order chi connectivity index (χ1) is 17.1. The summed E-state index contributed by atoms with van der Waals surface area (Å²) in [4.78, 5) is 61.2. The molecule has 39 heavy (non-hydrogen) atoms. The van der Waals surface area contributed by atoms with Crippen molar-refractivity contribution in [3.8, 4) is 0 Å². The second-order valence-corrected chi connectivity index (χ2v) is 9.43. The van der Waals surface area contributed by atoms with Gasteiger partial charge in [0.1, 0.15) is 16.7 Å². The van der Waals surface area contributed by atoms with Gasteiger partial charge in [0, 0.05) is 17.2 Å². The Labute approximate surface area is 320 Å². The van der Waals surface area contributed by atoms with Crippen LogP contribution in [0.25, 0.3) is 0 Å². The maximum absolute atomic E-state index is 10.8. The van der Waals surface area contributed by atoms with Crippen molar-refractivity contribution in [3.05, 3.63) is 44.9 Å². The molecule has 0 bridgehead atoms. The topological polar surface area (TPSA) is 226 Å². The van der Waals surface area contributed by atoms with Gasteiger partial charge in [0.15, 0.2) is 0 Å². The molecule has 2 heterocycles. The first kappa shape index (κ1) is 48.2. The maximum Gasteiger partial charge on any atom is 1.00 e. The molecule has 1 unspecified atom stereocenters. The number of ether oxygens (including phenoxy) is 1. The summed E-state index contributed by atoms with van der Waals surface area (Å²) in [7, 11) is 0. The van der Waals surface area contributed by atoms with E-state index in [1.807, 2.05) is 20.8 Å². The van der Waals surface area contributed by atoms with Gasteiger partial charge < -0.3 is 16.3 Å². The molecule has 0 saturated carbocycles. The van der Waals surface area contributed by atoms with Crippen molar-refractivity contribution in [1.29, 1.82) is 0 Å². The minimum absolute atomic E-state index is 0. The van der Waals surface area contributed by atoms with Gasteiger partial charge in [0.25, 0.3) is 12.5 Å². The van der Waals surface area contributed by atoms with Crippen LogP contribution in [0.15, 0.2) is 29.7 Å². The fraction of sp³-hybridized carbons (Fsp3) is 0.550. The number of hydrogen-bond acceptors (Lipinski definition) is 13. The number of carbonyl (C=O) groups is 2. The van der Waals surface area contributed by atoms with E-state index in [0.717, 1.165) is 6.42 Å². The van der Waals surface area contributed by atoms with E-state index in [-0.39, 0.29) is 134 Å². The number of nitrogens with zero attached hydrogens (tertiary/aromatic N) is 5. The summed E-state index contributed by atoms with van der Waals surface area (Å²) in [6, 6.07) is -0.685. The van der Waals surface area contributed by atoms with Crippen molar-refractivity contribution in [3.63, 3.8) is 0 Å². The Morgan fingerprint density at radius 3 is 1.92 bits per heavy atom. The molecule has 1 aliphatic heterocycles. The summed E-state index contributed by atoms with van der Waals surface area (Å²) in [5.74, 6) is -0.218. The molecule has 0 aliphatic carbocycles. The van der Waals surface area contributed by atoms with E-state index in [1.165, 1.54) is 30.9 Å². The molecule has 0 fully saturated rings. The third kappa shape index (κ3) is 26.1. The van der Waals surface area contributed by atoms with Crippen LogP contribution in [-0.2, 0) is 34.3 Å². The van der Waals surface area contributed by atoms with Gasteiger partial charge in [0.05, 0.1) is 23.3 Å². The fourth-order valence-corrected chi connectivity index (χ4v) is 1.77. The Morgan fingerprint density at radius 1 is 1.23 bits per heavy atom. The van der Waals surface area contributed by atoms with Crippen molar-refractivity contribution in [2.24, 2.45) is 4.99 Å². The fourth-order valence-electron chi connectivity index (χ4n) is 1.65. The maximum atomic E-state index is 10.8. The van der Waals surface area contributed by atoms with E-state index < -0.39 is 20.2 Å². The standard InChI is InChI=1S/C8H13N3O2.C6H11BrO2.C4H4N2O2.CH2O3.CO2.2K.H/c1-4-8(2,3)10-6-7(5-9-10)11(12)13;1-4-9-5(8)6(2,3)7;7-6(8)4-1-2-5-3-4;2-1-4-3;2-1-3;;;/h5-6H,4H2,1-3H3;4H2,1-3H3;1-4H;1,3H;;;;/q;;;;;2*+1;-1/p-1. The van der Waals surface area contributed by atoms with Crippen LogP contribution in [-0.4, -0.2) is 61.4 Å². The molecule has 19 heteroatoms. The molecule has 1 aliphatic rings. The number of alkyl halides is 1. The van der Waals surface area contributed by atoms with E-state index in [1.54, 1.807) is 25.5 Å². The molecule has 2 rings (SSSR count). The Kier molecular flexibility index (Phi) is 34.1. The number of hydrogen-bond donors (Lipinski definition) is 0. The Bertz CT molecular complexity index is 939. The summed E-state index contributed by atoms with van der Waals surface area (Å²) in [5.41, 5.74) is -0.115. The molecule has 1 aromatic heterocycles. The average Bonchev–Trinajstić information content (AvgIpc) is 3.53. The average molecular weight is 675 g/mol. The van der Waals surface area contributed by atoms with Gasteiger partial charge in [-0.2, -0.15) is 14.7 Å². The number of esters is 1. The molecule has 0 N–H and O–H groups in total. The van der Waals surface area contributed by atoms with Crippen LogP contribution < -0.4 is 108 Å². The summed E-state index contributed by atoms with van der Waals surface area (Å²) in [6.45, 7) is 11.6. The van der Waals surface area contributed by atoms with Crippen LogP contribution in [0, 0.1) is 20.2 Å². The van der Waals surface area contributed by atoms with Crippen LogP contribution in [0.3, 0.4) is 0 Å². The van der Waals surface area contributed by atoms with Crippen molar-refractivity contribution in [2.45, 2.75) is 63.9 Å². The first-order valence-corrected chi connectivity index (χ1v) is 11.0. The number of halogens is 1. The van der Waals surface area contributed by atoms with Gasteiger partial charge in [-0.3, -0.25) is 39.5 Å². The number of nitro groups is 2.